The fourth-order valence-electron chi connectivity index (χ4n) is 3.15. The van der Waals surface area contributed by atoms with Crippen LogP contribution in [0.2, 0.25) is 0 Å². The van der Waals surface area contributed by atoms with Crippen LogP contribution >= 0.6 is 0 Å². The number of anilines is 1. The largest absolute Gasteiger partial charge is 0.496 e. The van der Waals surface area contributed by atoms with Crippen molar-refractivity contribution in [1.29, 1.82) is 0 Å². The van der Waals surface area contributed by atoms with Crippen molar-refractivity contribution < 1.29 is 9.84 Å². The van der Waals surface area contributed by atoms with E-state index in [2.05, 4.69) is 38.6 Å². The second kappa shape index (κ2) is 6.97. The van der Waals surface area contributed by atoms with E-state index in [9.17, 15) is 0 Å². The maximum Gasteiger partial charge on any atom is 0.163 e. The molecule has 2 aromatic carbocycles. The van der Waals surface area contributed by atoms with Crippen molar-refractivity contribution in [2.45, 2.75) is 13.1 Å². The van der Waals surface area contributed by atoms with Gasteiger partial charge in [0.25, 0.3) is 0 Å². The number of nitrogens with zero attached hydrogens (tertiary/aromatic N) is 4. The second-order valence-electron chi connectivity index (χ2n) is 5.87. The average molecular weight is 349 g/mol. The van der Waals surface area contributed by atoms with E-state index in [1.807, 2.05) is 18.2 Å². The number of rotatable bonds is 6. The molecule has 0 spiro atoms. The van der Waals surface area contributed by atoms with E-state index in [1.54, 1.807) is 18.0 Å². The number of benzene rings is 2. The van der Waals surface area contributed by atoms with Crippen molar-refractivity contribution >= 4 is 27.6 Å². The molecule has 2 N–H and O–H groups in total. The SMILES string of the molecule is COc1ccc2ccccc2c1CNc1ncnc2c1cnn2CCO. The lowest BCUT2D eigenvalue weighted by Crippen LogP contribution is -2.06. The number of methoxy groups -OCH3 is 1. The third-order valence-corrected chi connectivity index (χ3v) is 4.40. The van der Waals surface area contributed by atoms with Crippen LogP contribution < -0.4 is 10.1 Å². The Bertz CT molecular complexity index is 1060. The molecule has 7 nitrogen and oxygen atoms in total. The molecule has 26 heavy (non-hydrogen) atoms. The molecule has 0 aliphatic rings. The fourth-order valence-corrected chi connectivity index (χ4v) is 3.15. The van der Waals surface area contributed by atoms with Crippen LogP contribution in [0.15, 0.2) is 48.9 Å². The van der Waals surface area contributed by atoms with Crippen molar-refractivity contribution in [2.24, 2.45) is 0 Å². The van der Waals surface area contributed by atoms with E-state index >= 15 is 0 Å². The van der Waals surface area contributed by atoms with Gasteiger partial charge in [0.1, 0.15) is 17.9 Å². The minimum Gasteiger partial charge on any atom is -0.496 e. The Labute approximate surface area is 150 Å². The van der Waals surface area contributed by atoms with Crippen LogP contribution in [-0.2, 0) is 13.1 Å². The predicted octanol–water partition coefficient (Wildman–Crippen LogP) is 2.59. The molecule has 0 radical (unpaired) electrons. The van der Waals surface area contributed by atoms with Gasteiger partial charge in [0.15, 0.2) is 5.65 Å². The first-order chi connectivity index (χ1) is 12.8. The number of hydrogen-bond acceptors (Lipinski definition) is 6. The molecule has 0 aliphatic heterocycles. The monoisotopic (exact) mass is 349 g/mol. The summed E-state index contributed by atoms with van der Waals surface area (Å²) in [5.41, 5.74) is 1.77. The molecule has 4 rings (SSSR count). The summed E-state index contributed by atoms with van der Waals surface area (Å²) in [4.78, 5) is 8.62. The van der Waals surface area contributed by atoms with E-state index in [0.717, 1.165) is 27.5 Å². The Morgan fingerprint density at radius 2 is 2.00 bits per heavy atom. The number of aliphatic hydroxyl groups excluding tert-OH is 1. The first-order valence-electron chi connectivity index (χ1n) is 8.37. The van der Waals surface area contributed by atoms with Gasteiger partial charge >= 0.3 is 0 Å². The lowest BCUT2D eigenvalue weighted by molar-refractivity contribution is 0.271. The van der Waals surface area contributed by atoms with Gasteiger partial charge in [-0.25, -0.2) is 14.6 Å². The highest BCUT2D eigenvalue weighted by molar-refractivity contribution is 5.89. The Hall–Kier alpha value is -3.19. The van der Waals surface area contributed by atoms with Crippen LogP contribution in [0, 0.1) is 0 Å². The topological polar surface area (TPSA) is 85.1 Å². The summed E-state index contributed by atoms with van der Waals surface area (Å²) in [6, 6.07) is 12.3. The quantitative estimate of drug-likeness (QED) is 0.556. The molecule has 0 bridgehead atoms. The van der Waals surface area contributed by atoms with Gasteiger partial charge in [-0.2, -0.15) is 5.10 Å². The van der Waals surface area contributed by atoms with Crippen LogP contribution in [0.5, 0.6) is 5.75 Å². The molecule has 0 fully saturated rings. The van der Waals surface area contributed by atoms with E-state index < -0.39 is 0 Å². The normalized spacial score (nSPS) is 11.2. The standard InChI is InChI=1S/C19H19N5O2/c1-26-17-7-6-13-4-2-3-5-14(13)15(17)10-20-18-16-11-23-24(8-9-25)19(16)22-12-21-18/h2-7,11-12,25H,8-10H2,1H3,(H,20,21,22). The van der Waals surface area contributed by atoms with Crippen LogP contribution in [0.25, 0.3) is 21.8 Å². The number of fused-ring (bicyclic) bond motifs is 2. The lowest BCUT2D eigenvalue weighted by Gasteiger charge is -2.13. The fraction of sp³-hybridized carbons (Fsp3) is 0.211. The van der Waals surface area contributed by atoms with Crippen molar-refractivity contribution in [3.05, 3.63) is 54.5 Å². The molecule has 0 aliphatic carbocycles. The summed E-state index contributed by atoms with van der Waals surface area (Å²) in [5, 5.41) is 19.9. The molecule has 2 aromatic heterocycles. The maximum absolute atomic E-state index is 9.14. The highest BCUT2D eigenvalue weighted by Gasteiger charge is 2.12. The summed E-state index contributed by atoms with van der Waals surface area (Å²) in [6.07, 6.45) is 3.22. The van der Waals surface area contributed by atoms with Gasteiger partial charge in [0.2, 0.25) is 0 Å². The van der Waals surface area contributed by atoms with Crippen LogP contribution in [-0.4, -0.2) is 38.6 Å². The zero-order valence-electron chi connectivity index (χ0n) is 14.4. The molecule has 0 amide bonds. The van der Waals surface area contributed by atoms with Gasteiger partial charge < -0.3 is 15.2 Å². The summed E-state index contributed by atoms with van der Waals surface area (Å²) in [6.45, 7) is 0.968. The number of aliphatic hydroxyl groups is 1. The van der Waals surface area contributed by atoms with Crippen molar-refractivity contribution in [1.82, 2.24) is 19.7 Å². The van der Waals surface area contributed by atoms with Gasteiger partial charge in [-0.15, -0.1) is 0 Å². The van der Waals surface area contributed by atoms with Crippen molar-refractivity contribution in [2.75, 3.05) is 19.0 Å². The minimum absolute atomic E-state index is 0.0107. The molecule has 0 unspecified atom stereocenters. The molecule has 4 aromatic rings. The summed E-state index contributed by atoms with van der Waals surface area (Å²) in [7, 11) is 1.68. The van der Waals surface area contributed by atoms with Gasteiger partial charge in [-0.05, 0) is 16.8 Å². The van der Waals surface area contributed by atoms with Gasteiger partial charge in [-0.3, -0.25) is 0 Å². The zero-order valence-corrected chi connectivity index (χ0v) is 14.4. The number of hydrogen-bond donors (Lipinski definition) is 2. The van der Waals surface area contributed by atoms with Crippen LogP contribution in [0.3, 0.4) is 0 Å². The number of ether oxygens (including phenoxy) is 1. The van der Waals surface area contributed by atoms with Crippen LogP contribution in [0.1, 0.15) is 5.56 Å². The molecule has 132 valence electrons. The first-order valence-corrected chi connectivity index (χ1v) is 8.37. The Kier molecular flexibility index (Phi) is 4.37. The molecular formula is C19H19N5O2. The van der Waals surface area contributed by atoms with Crippen LogP contribution in [0.4, 0.5) is 5.82 Å². The molecular weight excluding hydrogens is 330 g/mol. The zero-order chi connectivity index (χ0) is 17.9. The van der Waals surface area contributed by atoms with E-state index in [4.69, 9.17) is 9.84 Å². The molecule has 0 atom stereocenters. The first kappa shape index (κ1) is 16.3. The maximum atomic E-state index is 9.14. The smallest absolute Gasteiger partial charge is 0.163 e. The summed E-state index contributed by atoms with van der Waals surface area (Å²) >= 11 is 0. The van der Waals surface area contributed by atoms with E-state index in [0.29, 0.717) is 24.6 Å². The third-order valence-electron chi connectivity index (χ3n) is 4.40. The highest BCUT2D eigenvalue weighted by atomic mass is 16.5. The van der Waals surface area contributed by atoms with Crippen molar-refractivity contribution in [3.63, 3.8) is 0 Å². The van der Waals surface area contributed by atoms with Crippen molar-refractivity contribution in [3.8, 4) is 5.75 Å². The Morgan fingerprint density at radius 3 is 2.85 bits per heavy atom. The molecule has 0 saturated carbocycles. The van der Waals surface area contributed by atoms with Gasteiger partial charge in [0, 0.05) is 12.1 Å². The molecule has 0 saturated heterocycles. The molecule has 7 heteroatoms. The van der Waals surface area contributed by atoms with Gasteiger partial charge in [-0.1, -0.05) is 30.3 Å². The van der Waals surface area contributed by atoms with E-state index in [-0.39, 0.29) is 6.61 Å². The average Bonchev–Trinajstić information content (AvgIpc) is 3.10. The lowest BCUT2D eigenvalue weighted by atomic mass is 10.0. The Balaban J connectivity index is 1.70. The number of aromatic nitrogens is 4. The summed E-state index contributed by atoms with van der Waals surface area (Å²) in [5.74, 6) is 1.53. The predicted molar refractivity (Wildman–Crippen MR) is 100 cm³/mol. The highest BCUT2D eigenvalue weighted by Crippen LogP contribution is 2.29. The van der Waals surface area contributed by atoms with Gasteiger partial charge in [0.05, 0.1) is 31.8 Å². The number of nitrogens with one attached hydrogen (secondary N) is 1. The second-order valence-corrected chi connectivity index (χ2v) is 5.87. The third kappa shape index (κ3) is 2.82. The summed E-state index contributed by atoms with van der Waals surface area (Å²) < 4.78 is 7.22. The Morgan fingerprint density at radius 1 is 1.12 bits per heavy atom. The molecule has 2 heterocycles. The van der Waals surface area contributed by atoms with E-state index in [1.165, 1.54) is 6.33 Å². The minimum atomic E-state index is 0.0107.